The standard InChI is InChI=1S/C18H15N3O2.C14H11N3O.C14H8N2.C7H4BrN.C7H5N.C4H8O3.ClH/c1-13(22-2)18-20-17(21-23-18)16-7-5-14(6-8-16)3-4-15-9-11-19-12-10-15;15-14(17-18)13-5-3-11(4-6-13)1-2-12-7-9-16-10-8-12;1-15-14-6-4-12(5-7-14)2-3-13-8-10-16-11-9-13;1-9-7-4-2-6(8)3-5-7;1-2-7-3-5-8-6-4-7;1-3(7-2)4(5)6;/h5-13H,1-2H3;3-10,18H,(H2,15,17);4-11H;2-5H;1,3-6H;3H,1-2H3,(H,5,6);1H. The van der Waals surface area contributed by atoms with Crippen LogP contribution >= 0.6 is 28.3 Å². The Morgan fingerprint density at radius 1 is 0.598 bits per heavy atom. The van der Waals surface area contributed by atoms with Crippen LogP contribution in [0.3, 0.4) is 0 Å². The predicted molar refractivity (Wildman–Crippen MR) is 321 cm³/mol. The summed E-state index contributed by atoms with van der Waals surface area (Å²) in [6.45, 7) is 16.8. The lowest BCUT2D eigenvalue weighted by atomic mass is 10.1. The van der Waals surface area contributed by atoms with Crippen molar-refractivity contribution in [1.82, 2.24) is 30.1 Å². The highest BCUT2D eigenvalue weighted by atomic mass is 79.9. The average molecular weight is 1170 g/mol. The molecule has 4 N–H and O–H groups in total. The Bertz CT molecular complexity index is 3690. The second-order valence-electron chi connectivity index (χ2n) is 15.8. The van der Waals surface area contributed by atoms with E-state index in [1.807, 2.05) is 104 Å². The summed E-state index contributed by atoms with van der Waals surface area (Å²) in [5, 5.41) is 23.5. The molecule has 0 aliphatic heterocycles. The predicted octanol–water partition coefficient (Wildman–Crippen LogP) is 12.4. The van der Waals surface area contributed by atoms with E-state index in [-0.39, 0.29) is 24.3 Å². The van der Waals surface area contributed by atoms with Gasteiger partial charge in [-0.25, -0.2) is 14.5 Å². The molecule has 16 nitrogen and oxygen atoms in total. The van der Waals surface area contributed by atoms with E-state index in [0.717, 1.165) is 49.0 Å². The number of carboxylic acid groups (broad SMARTS) is 1. The summed E-state index contributed by atoms with van der Waals surface area (Å²) in [5.74, 6) is 21.0. The van der Waals surface area contributed by atoms with Gasteiger partial charge in [-0.1, -0.05) is 116 Å². The average Bonchev–Trinajstić information content (AvgIpc) is 4.05. The summed E-state index contributed by atoms with van der Waals surface area (Å²) in [4.78, 5) is 36.3. The van der Waals surface area contributed by atoms with E-state index >= 15 is 0 Å². The molecule has 9 rings (SSSR count). The van der Waals surface area contributed by atoms with Crippen molar-refractivity contribution in [2.45, 2.75) is 26.1 Å². The quantitative estimate of drug-likeness (QED) is 0.0353. The van der Waals surface area contributed by atoms with Crippen LogP contribution in [0.5, 0.6) is 0 Å². The van der Waals surface area contributed by atoms with Crippen LogP contribution in [-0.2, 0) is 14.3 Å². The van der Waals surface area contributed by atoms with E-state index in [2.05, 4.69) is 107 Å². The third-order valence-electron chi connectivity index (χ3n) is 10.2. The molecule has 2 atom stereocenters. The third kappa shape index (κ3) is 25.2. The molecular formula is C64H52BrClN10O6. The maximum absolute atomic E-state index is 9.81. The Kier molecular flexibility index (Phi) is 30.3. The third-order valence-corrected chi connectivity index (χ3v) is 10.7. The van der Waals surface area contributed by atoms with Crippen molar-refractivity contribution < 1.29 is 29.1 Å². The largest absolute Gasteiger partial charge is 0.479 e. The number of nitrogens with zero attached hydrogens (tertiary/aromatic N) is 9. The molecule has 0 amide bonds. The second-order valence-corrected chi connectivity index (χ2v) is 16.7. The molecule has 0 fully saturated rings. The SMILES string of the molecule is C#Cc1ccncc1.COC(C)C(=O)O.COC(C)c1nc(-c2ccc(C#Cc3ccncc3)cc2)no1.Cl.N/C(=N\O)c1ccc(C#Cc2ccncc2)cc1.[C-]#[N+]c1ccc(Br)cc1.[C-]#[N+]c1ccc(C#Cc2ccncc2)cc1. The number of carboxylic acids is 1. The highest BCUT2D eigenvalue weighted by Crippen LogP contribution is 2.21. The lowest BCUT2D eigenvalue weighted by molar-refractivity contribution is -0.147. The number of rotatable bonds is 6. The summed E-state index contributed by atoms with van der Waals surface area (Å²) >= 11 is 3.27. The highest BCUT2D eigenvalue weighted by Gasteiger charge is 2.14. The molecule has 82 heavy (non-hydrogen) atoms. The van der Waals surface area contributed by atoms with Gasteiger partial charge < -0.3 is 30.0 Å². The van der Waals surface area contributed by atoms with Crippen molar-refractivity contribution in [3.63, 3.8) is 0 Å². The summed E-state index contributed by atoms with van der Waals surface area (Å²) in [6, 6.07) is 44.1. The van der Waals surface area contributed by atoms with Crippen molar-refractivity contribution in [2.24, 2.45) is 10.9 Å². The van der Waals surface area contributed by atoms with Crippen LogP contribution in [-0.4, -0.2) is 72.5 Å². The Morgan fingerprint density at radius 2 is 0.951 bits per heavy atom. The van der Waals surface area contributed by atoms with Gasteiger partial charge in [-0.3, -0.25) is 19.9 Å². The fourth-order valence-electron chi connectivity index (χ4n) is 5.53. The van der Waals surface area contributed by atoms with Crippen molar-refractivity contribution in [2.75, 3.05) is 14.2 Å². The first kappa shape index (κ1) is 65.6. The van der Waals surface area contributed by atoms with Crippen molar-refractivity contribution in [1.29, 1.82) is 0 Å². The van der Waals surface area contributed by atoms with Gasteiger partial charge in [-0.05, 0) is 111 Å². The number of hydrogen-bond acceptors (Lipinski definition) is 12. The number of carbonyl (C=O) groups is 1. The van der Waals surface area contributed by atoms with Crippen molar-refractivity contribution >= 4 is 51.5 Å². The molecule has 0 spiro atoms. The molecule has 9 aromatic rings. The van der Waals surface area contributed by atoms with Crippen molar-refractivity contribution in [3.8, 4) is 59.3 Å². The highest BCUT2D eigenvalue weighted by molar-refractivity contribution is 9.10. The maximum atomic E-state index is 9.81. The minimum atomic E-state index is -0.928. The van der Waals surface area contributed by atoms with Crippen LogP contribution in [0.15, 0.2) is 209 Å². The molecule has 0 saturated carbocycles. The Hall–Kier alpha value is -10.7. The molecular weight excluding hydrogens is 1120 g/mol. The molecule has 2 unspecified atom stereocenters. The summed E-state index contributed by atoms with van der Waals surface area (Å²) in [7, 11) is 2.96. The van der Waals surface area contributed by atoms with Crippen LogP contribution in [0.25, 0.3) is 21.1 Å². The van der Waals surface area contributed by atoms with E-state index in [9.17, 15) is 4.79 Å². The van der Waals surface area contributed by atoms with E-state index in [1.54, 1.807) is 105 Å². The monoisotopic (exact) mass is 1170 g/mol. The first-order valence-electron chi connectivity index (χ1n) is 23.9. The van der Waals surface area contributed by atoms with Gasteiger partial charge in [0.25, 0.3) is 5.89 Å². The van der Waals surface area contributed by atoms with Gasteiger partial charge >= 0.3 is 5.97 Å². The second kappa shape index (κ2) is 37.9. The van der Waals surface area contributed by atoms with Crippen molar-refractivity contribution in [3.05, 3.63) is 273 Å². The van der Waals surface area contributed by atoms with Gasteiger partial charge in [0.2, 0.25) is 5.82 Å². The van der Waals surface area contributed by atoms with E-state index in [1.165, 1.54) is 14.0 Å². The smallest absolute Gasteiger partial charge is 0.332 e. The summed E-state index contributed by atoms with van der Waals surface area (Å²) in [6.07, 6.45) is 17.8. The molecule has 408 valence electrons. The molecule has 5 heterocycles. The zero-order chi connectivity index (χ0) is 58.5. The number of hydrogen-bond donors (Lipinski definition) is 3. The minimum absolute atomic E-state index is 0. The fraction of sp³-hybridized carbons (Fsp3) is 0.0938. The van der Waals surface area contributed by atoms with E-state index in [4.69, 9.17) is 44.9 Å². The number of aliphatic carboxylic acids is 1. The zero-order valence-corrected chi connectivity index (χ0v) is 47.0. The Labute approximate surface area is 491 Å². The summed E-state index contributed by atoms with van der Waals surface area (Å²) < 4.78 is 15.8. The van der Waals surface area contributed by atoms with Gasteiger partial charge in [0, 0.05) is 118 Å². The van der Waals surface area contributed by atoms with Gasteiger partial charge in [0.15, 0.2) is 23.3 Å². The number of methoxy groups -OCH3 is 2. The number of benzene rings is 4. The van der Waals surface area contributed by atoms with E-state index in [0.29, 0.717) is 28.7 Å². The molecule has 4 aromatic carbocycles. The number of oxime groups is 1. The van der Waals surface area contributed by atoms with E-state index < -0.39 is 12.1 Å². The maximum Gasteiger partial charge on any atom is 0.332 e. The topological polar surface area (TPSA) is 214 Å². The molecule has 0 radical (unpaired) electrons. The number of nitrogens with two attached hydrogens (primary N) is 1. The van der Waals surface area contributed by atoms with Gasteiger partial charge in [0.05, 0.1) is 13.1 Å². The van der Waals surface area contributed by atoms with Crippen LogP contribution in [0, 0.1) is 61.0 Å². The van der Waals surface area contributed by atoms with Crippen LogP contribution < -0.4 is 5.73 Å². The fourth-order valence-corrected chi connectivity index (χ4v) is 5.79. The molecule has 0 bridgehead atoms. The molecule has 18 heteroatoms. The first-order chi connectivity index (χ1) is 39.4. The van der Waals surface area contributed by atoms with Crippen LogP contribution in [0.1, 0.15) is 70.3 Å². The zero-order valence-electron chi connectivity index (χ0n) is 44.6. The Balaban J connectivity index is 0.000000271. The number of aromatic nitrogens is 6. The molecule has 5 aromatic heterocycles. The van der Waals surface area contributed by atoms with Gasteiger partial charge in [-0.2, -0.15) is 4.98 Å². The normalized spacial score (nSPS) is 10.1. The van der Waals surface area contributed by atoms with Gasteiger partial charge in [-0.15, -0.1) is 18.8 Å². The number of ether oxygens (including phenoxy) is 2. The lowest BCUT2D eigenvalue weighted by Crippen LogP contribution is -2.17. The molecule has 0 saturated heterocycles. The Morgan fingerprint density at radius 3 is 1.27 bits per heavy atom. The number of terminal acetylenes is 1. The molecule has 0 aliphatic rings. The van der Waals surface area contributed by atoms with Crippen LogP contribution in [0.4, 0.5) is 11.4 Å². The van der Waals surface area contributed by atoms with Gasteiger partial charge in [0.1, 0.15) is 6.10 Å². The van der Waals surface area contributed by atoms with Crippen LogP contribution in [0.2, 0.25) is 0 Å². The number of amidine groups is 1. The number of pyridine rings is 4. The lowest BCUT2D eigenvalue weighted by Gasteiger charge is -2.00. The minimum Gasteiger partial charge on any atom is -0.479 e. The molecule has 0 aliphatic carbocycles. The summed E-state index contributed by atoms with van der Waals surface area (Å²) in [5.41, 5.74) is 14.6. The number of halogens is 2. The first-order valence-corrected chi connectivity index (χ1v) is 24.7.